The molecule has 222 valence electrons. The van der Waals surface area contributed by atoms with Crippen molar-refractivity contribution in [2.45, 2.75) is 12.5 Å². The molecule has 0 radical (unpaired) electrons. The van der Waals surface area contributed by atoms with Crippen LogP contribution in [0.25, 0.3) is 44.2 Å². The first kappa shape index (κ1) is 26.7. The molecule has 6 aromatic rings. The first-order valence-corrected chi connectivity index (χ1v) is 15.6. The Morgan fingerprint density at radius 2 is 1.17 bits per heavy atom. The van der Waals surface area contributed by atoms with Gasteiger partial charge in [0.05, 0.1) is 11.4 Å². The summed E-state index contributed by atoms with van der Waals surface area (Å²) in [6, 6.07) is 44.8. The second-order valence-corrected chi connectivity index (χ2v) is 12.2. The maximum Gasteiger partial charge on any atom is 0.207 e. The molecule has 0 fully saturated rings. The summed E-state index contributed by atoms with van der Waals surface area (Å²) in [7, 11) is 3.82. The Labute approximate surface area is 267 Å². The number of nitrogens with one attached hydrogen (secondary N) is 1. The van der Waals surface area contributed by atoms with Gasteiger partial charge < -0.3 is 20.2 Å². The number of hydrogen-bond acceptors (Lipinski definition) is 6. The lowest BCUT2D eigenvalue weighted by Crippen LogP contribution is -2.38. The highest BCUT2D eigenvalue weighted by Crippen LogP contribution is 2.47. The summed E-state index contributed by atoms with van der Waals surface area (Å²) in [5.41, 5.74) is 12.2. The van der Waals surface area contributed by atoms with Gasteiger partial charge in [0.25, 0.3) is 0 Å². The summed E-state index contributed by atoms with van der Waals surface area (Å²) in [6.45, 7) is 0. The zero-order valence-electron chi connectivity index (χ0n) is 25.5. The van der Waals surface area contributed by atoms with Crippen molar-refractivity contribution >= 4 is 33.8 Å². The lowest BCUT2D eigenvalue weighted by Gasteiger charge is -2.23. The SMILES string of the molecule is CN1c2ccc(-c3cccc(C4=NC(c5ccccc5)N=C(c5ccc6c(c5)-c5cccc7cccc-6c57)N4)c3)cc2N(C)C1O. The van der Waals surface area contributed by atoms with Gasteiger partial charge in [0.2, 0.25) is 6.35 Å². The van der Waals surface area contributed by atoms with Crippen LogP contribution in [0, 0.1) is 0 Å². The number of aliphatic hydroxyl groups is 1. The van der Waals surface area contributed by atoms with Gasteiger partial charge in [-0.15, -0.1) is 0 Å². The summed E-state index contributed by atoms with van der Waals surface area (Å²) in [5, 5.41) is 16.7. The fourth-order valence-corrected chi connectivity index (χ4v) is 7.10. The Balaban J connectivity index is 1.11. The average Bonchev–Trinajstić information content (AvgIpc) is 3.55. The van der Waals surface area contributed by atoms with Crippen LogP contribution in [-0.2, 0) is 0 Å². The van der Waals surface area contributed by atoms with Crippen LogP contribution in [0.15, 0.2) is 137 Å². The molecule has 2 N–H and O–H groups in total. The summed E-state index contributed by atoms with van der Waals surface area (Å²) in [6.07, 6.45) is -1.05. The van der Waals surface area contributed by atoms with Gasteiger partial charge in [0.15, 0.2) is 6.17 Å². The van der Waals surface area contributed by atoms with Crippen molar-refractivity contribution in [2.24, 2.45) is 9.98 Å². The zero-order chi connectivity index (χ0) is 30.9. The molecular weight excluding hydrogens is 566 g/mol. The number of nitrogens with zero attached hydrogens (tertiary/aromatic N) is 4. The van der Waals surface area contributed by atoms with E-state index in [2.05, 4.69) is 115 Å². The Bertz CT molecular complexity index is 2250. The van der Waals surface area contributed by atoms with E-state index in [-0.39, 0.29) is 6.17 Å². The number of fused-ring (bicyclic) bond motifs is 4. The van der Waals surface area contributed by atoms with Crippen LogP contribution in [0.5, 0.6) is 0 Å². The molecule has 6 nitrogen and oxygen atoms in total. The monoisotopic (exact) mass is 597 g/mol. The van der Waals surface area contributed by atoms with Crippen molar-refractivity contribution in [3.8, 4) is 33.4 Å². The highest BCUT2D eigenvalue weighted by Gasteiger charge is 2.30. The van der Waals surface area contributed by atoms with Crippen molar-refractivity contribution in [2.75, 3.05) is 23.9 Å². The molecule has 6 aromatic carbocycles. The minimum atomic E-state index is -0.675. The first-order chi connectivity index (χ1) is 22.5. The zero-order valence-corrected chi connectivity index (χ0v) is 25.5. The Morgan fingerprint density at radius 1 is 0.543 bits per heavy atom. The molecule has 2 atom stereocenters. The van der Waals surface area contributed by atoms with Gasteiger partial charge in [-0.25, -0.2) is 9.98 Å². The second kappa shape index (κ2) is 10.2. The van der Waals surface area contributed by atoms with Crippen molar-refractivity contribution in [3.05, 3.63) is 144 Å². The molecule has 2 aliphatic heterocycles. The van der Waals surface area contributed by atoms with Crippen molar-refractivity contribution < 1.29 is 5.11 Å². The van der Waals surface area contributed by atoms with E-state index in [9.17, 15) is 5.11 Å². The van der Waals surface area contributed by atoms with Crippen LogP contribution in [0.3, 0.4) is 0 Å². The van der Waals surface area contributed by atoms with Gasteiger partial charge in [-0.3, -0.25) is 0 Å². The molecule has 0 saturated heterocycles. The summed E-state index contributed by atoms with van der Waals surface area (Å²) < 4.78 is 0. The molecule has 6 heteroatoms. The van der Waals surface area contributed by atoms with Gasteiger partial charge >= 0.3 is 0 Å². The minimum Gasteiger partial charge on any atom is -0.356 e. The third kappa shape index (κ3) is 4.07. The normalized spacial score (nSPS) is 17.8. The van der Waals surface area contributed by atoms with E-state index >= 15 is 0 Å². The largest absolute Gasteiger partial charge is 0.356 e. The minimum absolute atomic E-state index is 0.379. The topological polar surface area (TPSA) is 63.5 Å². The third-order valence-corrected chi connectivity index (χ3v) is 9.51. The molecular formula is C40H31N5O. The van der Waals surface area contributed by atoms with E-state index < -0.39 is 6.35 Å². The fourth-order valence-electron chi connectivity index (χ4n) is 7.10. The summed E-state index contributed by atoms with van der Waals surface area (Å²) >= 11 is 0. The second-order valence-electron chi connectivity index (χ2n) is 12.2. The molecule has 0 bridgehead atoms. The van der Waals surface area contributed by atoms with Gasteiger partial charge in [-0.1, -0.05) is 103 Å². The smallest absolute Gasteiger partial charge is 0.207 e. The molecule has 0 amide bonds. The molecule has 0 spiro atoms. The quantitative estimate of drug-likeness (QED) is 0.217. The standard InChI is InChI=1S/C40H31N5O/c1-44-34-20-18-27(23-35(34)45(2)40(44)46)26-13-6-14-28(21-26)38-41-37(25-9-4-3-5-10-25)42-39(43-38)29-17-19-30-31-15-7-11-24-12-8-16-32(36(24)31)33(30)22-29/h3-23,37,40,46H,1-2H3,(H,41,42,43). The van der Waals surface area contributed by atoms with Gasteiger partial charge in [0.1, 0.15) is 11.7 Å². The van der Waals surface area contributed by atoms with Crippen molar-refractivity contribution in [1.82, 2.24) is 5.32 Å². The number of anilines is 2. The Morgan fingerprint density at radius 3 is 1.96 bits per heavy atom. The van der Waals surface area contributed by atoms with E-state index in [0.717, 1.165) is 50.9 Å². The Kier molecular flexibility index (Phi) is 5.89. The molecule has 2 unspecified atom stereocenters. The number of rotatable bonds is 4. The van der Waals surface area contributed by atoms with Crippen LogP contribution in [0.1, 0.15) is 22.9 Å². The van der Waals surface area contributed by atoms with Crippen molar-refractivity contribution in [1.29, 1.82) is 0 Å². The van der Waals surface area contributed by atoms with Crippen LogP contribution >= 0.6 is 0 Å². The molecule has 9 rings (SSSR count). The molecule has 3 aliphatic rings. The molecule has 0 saturated carbocycles. The van der Waals surface area contributed by atoms with E-state index in [1.54, 1.807) is 0 Å². The van der Waals surface area contributed by atoms with Crippen LogP contribution in [0.2, 0.25) is 0 Å². The lowest BCUT2D eigenvalue weighted by molar-refractivity contribution is 0.183. The van der Waals surface area contributed by atoms with Gasteiger partial charge in [-0.05, 0) is 74.0 Å². The number of aliphatic imine (C=N–C) groups is 2. The number of aliphatic hydroxyl groups excluding tert-OH is 1. The Hall–Kier alpha value is -5.72. The molecule has 0 aromatic heterocycles. The summed E-state index contributed by atoms with van der Waals surface area (Å²) in [4.78, 5) is 14.0. The van der Waals surface area contributed by atoms with E-state index in [4.69, 9.17) is 9.98 Å². The fraction of sp³-hybridized carbons (Fsp3) is 0.100. The first-order valence-electron chi connectivity index (χ1n) is 15.6. The average molecular weight is 598 g/mol. The van der Waals surface area contributed by atoms with Crippen molar-refractivity contribution in [3.63, 3.8) is 0 Å². The maximum absolute atomic E-state index is 10.6. The van der Waals surface area contributed by atoms with Crippen LogP contribution in [0.4, 0.5) is 11.4 Å². The molecule has 2 heterocycles. The van der Waals surface area contributed by atoms with Crippen LogP contribution < -0.4 is 15.1 Å². The highest BCUT2D eigenvalue weighted by atomic mass is 16.3. The number of benzene rings is 6. The van der Waals surface area contributed by atoms with Gasteiger partial charge in [0, 0.05) is 25.2 Å². The molecule has 46 heavy (non-hydrogen) atoms. The van der Waals surface area contributed by atoms with Crippen LogP contribution in [-0.4, -0.2) is 37.2 Å². The van der Waals surface area contributed by atoms with Gasteiger partial charge in [-0.2, -0.15) is 0 Å². The summed E-state index contributed by atoms with van der Waals surface area (Å²) in [5.74, 6) is 1.58. The number of amidine groups is 2. The molecule has 1 aliphatic carbocycles. The highest BCUT2D eigenvalue weighted by molar-refractivity contribution is 6.19. The van der Waals surface area contributed by atoms with E-state index in [0.29, 0.717) is 0 Å². The lowest BCUT2D eigenvalue weighted by atomic mass is 9.99. The van der Waals surface area contributed by atoms with E-state index in [1.165, 1.54) is 33.0 Å². The predicted molar refractivity (Wildman–Crippen MR) is 188 cm³/mol. The van der Waals surface area contributed by atoms with E-state index in [1.807, 2.05) is 42.1 Å². The third-order valence-electron chi connectivity index (χ3n) is 9.51. The number of hydrogen-bond donors (Lipinski definition) is 2. The maximum atomic E-state index is 10.6. The predicted octanol–water partition coefficient (Wildman–Crippen LogP) is 7.81.